The molecule has 0 radical (unpaired) electrons. The third-order valence-electron chi connectivity index (χ3n) is 4.89. The van der Waals surface area contributed by atoms with Crippen LogP contribution in [0.15, 0.2) is 60.7 Å². The maximum absolute atomic E-state index is 14.6. The Hall–Kier alpha value is -3.21. The first-order chi connectivity index (χ1) is 13.4. The smallest absolute Gasteiger partial charge is 0.268 e. The largest absolute Gasteiger partial charge is 0.350 e. The lowest BCUT2D eigenvalue weighted by atomic mass is 9.87. The van der Waals surface area contributed by atoms with Crippen LogP contribution in [0, 0.1) is 5.82 Å². The van der Waals surface area contributed by atoms with Gasteiger partial charge in [-0.25, -0.2) is 8.78 Å². The normalized spacial score (nSPS) is 18.0. The summed E-state index contributed by atoms with van der Waals surface area (Å²) < 4.78 is 28.0. The molecule has 4 rings (SSSR count). The van der Waals surface area contributed by atoms with Crippen molar-refractivity contribution < 1.29 is 13.6 Å². The second-order valence-corrected chi connectivity index (χ2v) is 7.23. The Bertz CT molecular complexity index is 1050. The van der Waals surface area contributed by atoms with E-state index in [0.29, 0.717) is 16.8 Å². The van der Waals surface area contributed by atoms with E-state index < -0.39 is 5.67 Å². The third-order valence-corrected chi connectivity index (χ3v) is 4.89. The van der Waals surface area contributed by atoms with E-state index in [1.54, 1.807) is 18.2 Å². The first-order valence-electron chi connectivity index (χ1n) is 9.14. The van der Waals surface area contributed by atoms with Crippen molar-refractivity contribution in [1.29, 1.82) is 0 Å². The molecule has 0 fully saturated rings. The number of aromatic nitrogens is 1. The number of H-pyrrole nitrogens is 1. The standard InChI is InChI=1S/C23H20F2N2O/c1-23(25)11-10-19-18(13-23)20(16-7-3-2-4-8-16)21(27-19)22(28)26-14-15-6-5-9-17(24)12-15/h2-12,27H,13-14H2,1H3,(H,26,28). The zero-order valence-corrected chi connectivity index (χ0v) is 15.4. The molecule has 2 aromatic carbocycles. The summed E-state index contributed by atoms with van der Waals surface area (Å²) in [7, 11) is 0. The summed E-state index contributed by atoms with van der Waals surface area (Å²) in [5, 5.41) is 2.83. The number of carbonyl (C=O) groups excluding carboxylic acids is 1. The Morgan fingerprint density at radius 3 is 2.71 bits per heavy atom. The Balaban J connectivity index is 1.70. The minimum Gasteiger partial charge on any atom is -0.350 e. The van der Waals surface area contributed by atoms with E-state index in [1.807, 2.05) is 30.3 Å². The predicted octanol–water partition coefficient (Wildman–Crippen LogP) is 5.05. The highest BCUT2D eigenvalue weighted by molar-refractivity contribution is 6.01. The molecule has 1 aliphatic carbocycles. The molecular formula is C23H20F2N2O. The maximum Gasteiger partial charge on any atom is 0.268 e. The van der Waals surface area contributed by atoms with Crippen molar-refractivity contribution in [3.63, 3.8) is 0 Å². The molecule has 1 amide bonds. The number of alkyl halides is 1. The summed E-state index contributed by atoms with van der Waals surface area (Å²) in [6, 6.07) is 15.6. The second kappa shape index (κ2) is 7.08. The van der Waals surface area contributed by atoms with Crippen molar-refractivity contribution in [1.82, 2.24) is 10.3 Å². The third kappa shape index (κ3) is 3.60. The highest BCUT2D eigenvalue weighted by atomic mass is 19.1. The van der Waals surface area contributed by atoms with Gasteiger partial charge in [0.2, 0.25) is 0 Å². The molecule has 142 valence electrons. The lowest BCUT2D eigenvalue weighted by molar-refractivity contribution is 0.0947. The number of aromatic amines is 1. The van der Waals surface area contributed by atoms with E-state index in [1.165, 1.54) is 25.1 Å². The molecule has 0 aliphatic heterocycles. The molecule has 1 aliphatic rings. The van der Waals surface area contributed by atoms with E-state index in [9.17, 15) is 13.6 Å². The van der Waals surface area contributed by atoms with E-state index in [0.717, 1.165) is 16.8 Å². The monoisotopic (exact) mass is 378 g/mol. The number of allylic oxidation sites excluding steroid dienone is 1. The van der Waals surface area contributed by atoms with Crippen LogP contribution in [0.1, 0.15) is 34.2 Å². The number of amides is 1. The fourth-order valence-corrected chi connectivity index (χ4v) is 3.56. The maximum atomic E-state index is 14.6. The van der Waals surface area contributed by atoms with Gasteiger partial charge in [0.05, 0.1) is 0 Å². The van der Waals surface area contributed by atoms with Crippen LogP contribution in [0.2, 0.25) is 0 Å². The molecule has 1 atom stereocenters. The van der Waals surface area contributed by atoms with Crippen LogP contribution in [0.5, 0.6) is 0 Å². The summed E-state index contributed by atoms with van der Waals surface area (Å²) >= 11 is 0. The number of halogens is 2. The summed E-state index contributed by atoms with van der Waals surface area (Å²) in [5.74, 6) is -0.661. The van der Waals surface area contributed by atoms with Gasteiger partial charge in [0, 0.05) is 24.2 Å². The van der Waals surface area contributed by atoms with Gasteiger partial charge < -0.3 is 10.3 Å². The number of carbonyl (C=O) groups is 1. The first kappa shape index (κ1) is 18.2. The van der Waals surface area contributed by atoms with Crippen molar-refractivity contribution in [2.45, 2.75) is 25.6 Å². The van der Waals surface area contributed by atoms with E-state index >= 15 is 0 Å². The average molecular weight is 378 g/mol. The van der Waals surface area contributed by atoms with Gasteiger partial charge in [0.1, 0.15) is 17.2 Å². The fourth-order valence-electron chi connectivity index (χ4n) is 3.56. The number of hydrogen-bond acceptors (Lipinski definition) is 1. The van der Waals surface area contributed by atoms with Gasteiger partial charge in [-0.05, 0) is 47.9 Å². The van der Waals surface area contributed by atoms with Crippen molar-refractivity contribution in [2.75, 3.05) is 0 Å². The topological polar surface area (TPSA) is 44.9 Å². The van der Waals surface area contributed by atoms with Crippen LogP contribution in [-0.4, -0.2) is 16.6 Å². The van der Waals surface area contributed by atoms with Crippen LogP contribution >= 0.6 is 0 Å². The van der Waals surface area contributed by atoms with Gasteiger partial charge in [-0.15, -0.1) is 0 Å². The van der Waals surface area contributed by atoms with Crippen molar-refractivity contribution in [3.05, 3.63) is 89.0 Å². The molecule has 5 heteroatoms. The molecule has 3 aromatic rings. The molecule has 0 bridgehead atoms. The Kier molecular flexibility index (Phi) is 4.59. The molecule has 1 aromatic heterocycles. The van der Waals surface area contributed by atoms with E-state index in [2.05, 4.69) is 10.3 Å². The summed E-state index contributed by atoms with van der Waals surface area (Å²) in [6.45, 7) is 1.73. The molecule has 1 heterocycles. The van der Waals surface area contributed by atoms with E-state index in [4.69, 9.17) is 0 Å². The van der Waals surface area contributed by atoms with Gasteiger partial charge in [-0.1, -0.05) is 42.5 Å². The number of nitrogens with one attached hydrogen (secondary N) is 2. The second-order valence-electron chi connectivity index (χ2n) is 7.23. The van der Waals surface area contributed by atoms with Crippen LogP contribution in [0.4, 0.5) is 8.78 Å². The summed E-state index contributed by atoms with van der Waals surface area (Å²) in [6.07, 6.45) is 3.39. The van der Waals surface area contributed by atoms with Crippen LogP contribution < -0.4 is 5.32 Å². The quantitative estimate of drug-likeness (QED) is 0.656. The fraction of sp³-hybridized carbons (Fsp3) is 0.174. The molecular weight excluding hydrogens is 358 g/mol. The lowest BCUT2D eigenvalue weighted by Gasteiger charge is -2.21. The molecule has 0 spiro atoms. The Labute approximate surface area is 162 Å². The molecule has 0 saturated heterocycles. The van der Waals surface area contributed by atoms with Crippen molar-refractivity contribution >= 4 is 12.0 Å². The highest BCUT2D eigenvalue weighted by Gasteiger charge is 2.31. The van der Waals surface area contributed by atoms with Crippen molar-refractivity contribution in [2.24, 2.45) is 0 Å². The Morgan fingerprint density at radius 2 is 1.96 bits per heavy atom. The zero-order valence-electron chi connectivity index (χ0n) is 15.4. The minimum atomic E-state index is -1.46. The van der Waals surface area contributed by atoms with Crippen molar-refractivity contribution in [3.8, 4) is 11.1 Å². The van der Waals surface area contributed by atoms with Gasteiger partial charge in [0.25, 0.3) is 5.91 Å². The summed E-state index contributed by atoms with van der Waals surface area (Å²) in [4.78, 5) is 16.1. The first-order valence-corrected chi connectivity index (χ1v) is 9.14. The van der Waals surface area contributed by atoms with Gasteiger partial charge >= 0.3 is 0 Å². The number of fused-ring (bicyclic) bond motifs is 1. The molecule has 1 unspecified atom stereocenters. The Morgan fingerprint density at radius 1 is 1.18 bits per heavy atom. The zero-order chi connectivity index (χ0) is 19.7. The van der Waals surface area contributed by atoms with E-state index in [-0.39, 0.29) is 24.7 Å². The highest BCUT2D eigenvalue weighted by Crippen LogP contribution is 2.37. The lowest BCUT2D eigenvalue weighted by Crippen LogP contribution is -2.24. The van der Waals surface area contributed by atoms with Crippen LogP contribution in [0.25, 0.3) is 17.2 Å². The molecule has 2 N–H and O–H groups in total. The molecule has 28 heavy (non-hydrogen) atoms. The van der Waals surface area contributed by atoms with Gasteiger partial charge in [-0.3, -0.25) is 4.79 Å². The molecule has 3 nitrogen and oxygen atoms in total. The SMILES string of the molecule is CC1(F)C=Cc2[nH]c(C(=O)NCc3cccc(F)c3)c(-c3ccccc3)c2C1. The van der Waals surface area contributed by atoms with Gasteiger partial charge in [0.15, 0.2) is 0 Å². The number of hydrogen-bond donors (Lipinski definition) is 2. The summed E-state index contributed by atoms with van der Waals surface area (Å²) in [5.41, 5.74) is 2.67. The molecule has 0 saturated carbocycles. The predicted molar refractivity (Wildman–Crippen MR) is 106 cm³/mol. The van der Waals surface area contributed by atoms with Gasteiger partial charge in [-0.2, -0.15) is 0 Å². The van der Waals surface area contributed by atoms with Crippen LogP contribution in [-0.2, 0) is 13.0 Å². The van der Waals surface area contributed by atoms with Crippen LogP contribution in [0.3, 0.4) is 0 Å². The average Bonchev–Trinajstić information content (AvgIpc) is 3.04. The number of rotatable bonds is 4. The minimum absolute atomic E-state index is 0.191. The number of benzene rings is 2.